The number of rotatable bonds is 4. The number of aliphatic hydroxyl groups is 1. The number of hydrogen-bond donors (Lipinski definition) is 2. The summed E-state index contributed by atoms with van der Waals surface area (Å²) in [4.78, 5) is 24.8. The van der Waals surface area contributed by atoms with Crippen LogP contribution in [0.3, 0.4) is 0 Å². The second kappa shape index (κ2) is 5.53. The van der Waals surface area contributed by atoms with Crippen molar-refractivity contribution < 1.29 is 9.90 Å². The number of aromatic nitrogens is 4. The maximum atomic E-state index is 12.7. The lowest BCUT2D eigenvalue weighted by Gasteiger charge is -2.10. The lowest BCUT2D eigenvalue weighted by Crippen LogP contribution is -2.09. The number of nitrogens with zero attached hydrogens (tertiary/aromatic N) is 4. The summed E-state index contributed by atoms with van der Waals surface area (Å²) in [5.74, 6) is 0.104. The smallest absolute Gasteiger partial charge is 0.195 e. The highest BCUT2D eigenvalue weighted by atomic mass is 16.3. The van der Waals surface area contributed by atoms with Crippen LogP contribution >= 0.6 is 0 Å². The number of nitrogens with two attached hydrogens (primary N) is 1. The second-order valence-electron chi connectivity index (χ2n) is 5.04. The molecule has 3 heterocycles. The molecule has 0 bridgehead atoms. The molecule has 0 aromatic carbocycles. The van der Waals surface area contributed by atoms with Crippen LogP contribution in [-0.2, 0) is 0 Å². The summed E-state index contributed by atoms with van der Waals surface area (Å²) < 4.78 is 1.77. The Balaban J connectivity index is 2.17. The predicted molar refractivity (Wildman–Crippen MR) is 81.4 cm³/mol. The van der Waals surface area contributed by atoms with Crippen molar-refractivity contribution in [1.29, 1.82) is 0 Å². The van der Waals surface area contributed by atoms with Gasteiger partial charge in [-0.1, -0.05) is 0 Å². The Morgan fingerprint density at radius 3 is 3.00 bits per heavy atom. The number of anilines is 1. The lowest BCUT2D eigenvalue weighted by atomic mass is 10.1. The largest absolute Gasteiger partial charge is 0.394 e. The van der Waals surface area contributed by atoms with Gasteiger partial charge in [-0.25, -0.2) is 15.0 Å². The highest BCUT2D eigenvalue weighted by Crippen LogP contribution is 2.24. The fraction of sp³-hybridized carbons (Fsp3) is 0.200. The Bertz CT molecular complexity index is 843. The minimum Gasteiger partial charge on any atom is -0.394 e. The Morgan fingerprint density at radius 2 is 2.27 bits per heavy atom. The van der Waals surface area contributed by atoms with Gasteiger partial charge < -0.3 is 15.4 Å². The molecule has 0 saturated heterocycles. The zero-order valence-electron chi connectivity index (χ0n) is 12.0. The van der Waals surface area contributed by atoms with Crippen molar-refractivity contribution >= 4 is 22.6 Å². The van der Waals surface area contributed by atoms with Crippen molar-refractivity contribution in [3.05, 3.63) is 48.2 Å². The van der Waals surface area contributed by atoms with E-state index in [1.165, 1.54) is 18.6 Å². The van der Waals surface area contributed by atoms with Gasteiger partial charge in [0.15, 0.2) is 5.78 Å². The number of hydrogen-bond acceptors (Lipinski definition) is 6. The molecule has 0 amide bonds. The van der Waals surface area contributed by atoms with E-state index in [0.717, 1.165) is 0 Å². The molecular weight excluding hydrogens is 282 g/mol. The van der Waals surface area contributed by atoms with E-state index in [2.05, 4.69) is 15.0 Å². The number of pyridine rings is 1. The van der Waals surface area contributed by atoms with Gasteiger partial charge in [0.25, 0.3) is 0 Å². The third kappa shape index (κ3) is 2.31. The number of aliphatic hydroxyl groups excluding tert-OH is 1. The summed E-state index contributed by atoms with van der Waals surface area (Å²) in [5, 5.41) is 10.0. The Morgan fingerprint density at radius 1 is 1.45 bits per heavy atom. The van der Waals surface area contributed by atoms with Gasteiger partial charge in [0.2, 0.25) is 0 Å². The maximum Gasteiger partial charge on any atom is 0.195 e. The summed E-state index contributed by atoms with van der Waals surface area (Å²) in [7, 11) is 0. The zero-order chi connectivity index (χ0) is 15.7. The van der Waals surface area contributed by atoms with Gasteiger partial charge in [-0.15, -0.1) is 0 Å². The van der Waals surface area contributed by atoms with Crippen molar-refractivity contribution in [3.8, 4) is 0 Å². The SMILES string of the molecule is CC(CO)n1cc(C(=O)c2ccnc(N)c2)c2cncnc21. The number of ketones is 1. The highest BCUT2D eigenvalue weighted by molar-refractivity contribution is 6.16. The monoisotopic (exact) mass is 297 g/mol. The first-order valence-electron chi connectivity index (χ1n) is 6.79. The van der Waals surface area contributed by atoms with E-state index < -0.39 is 0 Å². The first kappa shape index (κ1) is 14.2. The van der Waals surface area contributed by atoms with Crippen LogP contribution < -0.4 is 5.73 Å². The van der Waals surface area contributed by atoms with Crippen molar-refractivity contribution in [1.82, 2.24) is 19.5 Å². The molecule has 7 heteroatoms. The van der Waals surface area contributed by atoms with Crippen molar-refractivity contribution in [2.24, 2.45) is 0 Å². The van der Waals surface area contributed by atoms with Crippen LogP contribution in [0.15, 0.2) is 37.1 Å². The van der Waals surface area contributed by atoms with Crippen LogP contribution in [-0.4, -0.2) is 37.0 Å². The first-order chi connectivity index (χ1) is 10.6. The van der Waals surface area contributed by atoms with E-state index in [1.54, 1.807) is 23.0 Å². The maximum absolute atomic E-state index is 12.7. The van der Waals surface area contributed by atoms with Crippen LogP contribution in [0.4, 0.5) is 5.82 Å². The van der Waals surface area contributed by atoms with Crippen LogP contribution in [0.5, 0.6) is 0 Å². The van der Waals surface area contributed by atoms with E-state index in [1.807, 2.05) is 6.92 Å². The molecule has 3 aromatic rings. The molecule has 112 valence electrons. The molecule has 0 aliphatic rings. The van der Waals surface area contributed by atoms with Crippen molar-refractivity contribution in [2.75, 3.05) is 12.3 Å². The molecule has 0 aliphatic heterocycles. The Hall–Kier alpha value is -2.80. The molecule has 0 spiro atoms. The summed E-state index contributed by atoms with van der Waals surface area (Å²) in [6.45, 7) is 1.80. The van der Waals surface area contributed by atoms with Gasteiger partial charge in [0.1, 0.15) is 17.8 Å². The predicted octanol–water partition coefficient (Wildman–Crippen LogP) is 1.19. The molecule has 0 saturated carbocycles. The fourth-order valence-electron chi connectivity index (χ4n) is 2.34. The van der Waals surface area contributed by atoms with Crippen LogP contribution in [0.2, 0.25) is 0 Å². The van der Waals surface area contributed by atoms with Crippen molar-refractivity contribution in [2.45, 2.75) is 13.0 Å². The van der Waals surface area contributed by atoms with E-state index in [0.29, 0.717) is 22.2 Å². The van der Waals surface area contributed by atoms with Crippen LogP contribution in [0, 0.1) is 0 Å². The van der Waals surface area contributed by atoms with Crippen LogP contribution in [0.1, 0.15) is 28.9 Å². The average molecular weight is 297 g/mol. The molecule has 22 heavy (non-hydrogen) atoms. The molecule has 0 aliphatic carbocycles. The summed E-state index contributed by atoms with van der Waals surface area (Å²) in [6.07, 6.45) is 6.20. The third-order valence-corrected chi connectivity index (χ3v) is 3.52. The summed E-state index contributed by atoms with van der Waals surface area (Å²) in [6, 6.07) is 2.95. The van der Waals surface area contributed by atoms with Gasteiger partial charge >= 0.3 is 0 Å². The second-order valence-corrected chi connectivity index (χ2v) is 5.04. The quantitative estimate of drug-likeness (QED) is 0.700. The standard InChI is InChI=1S/C15H15N5O2/c1-9(7-21)20-6-12(11-5-17-8-19-15(11)20)14(22)10-2-3-18-13(16)4-10/h2-6,8-9,21H,7H2,1H3,(H2,16,18). The number of nitrogen functional groups attached to an aromatic ring is 1. The normalized spacial score (nSPS) is 12.5. The topological polar surface area (TPSA) is 107 Å². The Labute approximate surface area is 126 Å². The van der Waals surface area contributed by atoms with Crippen LogP contribution in [0.25, 0.3) is 11.0 Å². The van der Waals surface area contributed by atoms with E-state index in [4.69, 9.17) is 5.73 Å². The molecule has 1 atom stereocenters. The van der Waals surface area contributed by atoms with Gasteiger partial charge in [0.05, 0.1) is 18.2 Å². The van der Waals surface area contributed by atoms with E-state index >= 15 is 0 Å². The minimum atomic E-state index is -0.193. The highest BCUT2D eigenvalue weighted by Gasteiger charge is 2.20. The molecule has 3 rings (SSSR count). The molecule has 7 nitrogen and oxygen atoms in total. The third-order valence-electron chi connectivity index (χ3n) is 3.52. The van der Waals surface area contributed by atoms with Gasteiger partial charge in [-0.2, -0.15) is 0 Å². The lowest BCUT2D eigenvalue weighted by molar-refractivity contribution is 0.103. The first-order valence-corrected chi connectivity index (χ1v) is 6.79. The fourth-order valence-corrected chi connectivity index (χ4v) is 2.34. The van der Waals surface area contributed by atoms with Gasteiger partial charge in [0, 0.05) is 29.5 Å². The van der Waals surface area contributed by atoms with Gasteiger partial charge in [-0.05, 0) is 19.1 Å². The Kier molecular flexibility index (Phi) is 3.56. The summed E-state index contributed by atoms with van der Waals surface area (Å²) >= 11 is 0. The number of carbonyl (C=O) groups excluding carboxylic acids is 1. The average Bonchev–Trinajstić information content (AvgIpc) is 2.93. The van der Waals surface area contributed by atoms with Gasteiger partial charge in [-0.3, -0.25) is 4.79 Å². The molecule has 0 fully saturated rings. The van der Waals surface area contributed by atoms with E-state index in [-0.39, 0.29) is 24.2 Å². The number of carbonyl (C=O) groups is 1. The minimum absolute atomic E-state index is 0.0520. The zero-order valence-corrected chi connectivity index (χ0v) is 12.0. The summed E-state index contributed by atoms with van der Waals surface area (Å²) in [5.41, 5.74) is 7.17. The molecule has 0 radical (unpaired) electrons. The number of fused-ring (bicyclic) bond motifs is 1. The van der Waals surface area contributed by atoms with E-state index in [9.17, 15) is 9.90 Å². The molecule has 3 N–H and O–H groups in total. The molecular formula is C15H15N5O2. The molecule has 1 unspecified atom stereocenters. The van der Waals surface area contributed by atoms with Crippen molar-refractivity contribution in [3.63, 3.8) is 0 Å². The molecule has 3 aromatic heterocycles.